The molecule has 2 aliphatic rings. The topological polar surface area (TPSA) is 47.6 Å². The van der Waals surface area contributed by atoms with Crippen molar-refractivity contribution in [3.8, 4) is 16.9 Å². The van der Waals surface area contributed by atoms with E-state index in [4.69, 9.17) is 9.47 Å². The normalized spacial score (nSPS) is 21.2. The van der Waals surface area contributed by atoms with Crippen LogP contribution in [0.25, 0.3) is 11.1 Å². The highest BCUT2D eigenvalue weighted by Gasteiger charge is 2.35. The van der Waals surface area contributed by atoms with Crippen molar-refractivity contribution in [3.63, 3.8) is 0 Å². The van der Waals surface area contributed by atoms with Crippen molar-refractivity contribution in [2.45, 2.75) is 37.6 Å². The minimum Gasteiger partial charge on any atom is -0.487 e. The Balaban J connectivity index is 1.53. The first-order valence-electron chi connectivity index (χ1n) is 9.28. The molecule has 1 saturated heterocycles. The number of nitrogens with one attached hydrogen (secondary N) is 1. The molecule has 4 rings (SSSR count). The standard InChI is InChI=1S/C21H20F3NO3/c22-21(23,24)17-8-2-1-6-15(17)16-7-3-5-13-11-14(28-19(13)16)12-25-20(26)18-9-4-10-27-18/h1-3,5-8,14,18H,4,9-12H2,(H,25,26)/t14-,18-/m1/s1. The van der Waals surface area contributed by atoms with Crippen molar-refractivity contribution in [2.75, 3.05) is 13.2 Å². The number of benzene rings is 2. The van der Waals surface area contributed by atoms with E-state index < -0.39 is 17.8 Å². The van der Waals surface area contributed by atoms with Gasteiger partial charge in [-0.05, 0) is 30.0 Å². The van der Waals surface area contributed by atoms with E-state index in [0.29, 0.717) is 30.8 Å². The van der Waals surface area contributed by atoms with Crippen LogP contribution in [0.15, 0.2) is 42.5 Å². The molecule has 2 aromatic carbocycles. The Morgan fingerprint density at radius 3 is 2.64 bits per heavy atom. The number of ether oxygens (including phenoxy) is 2. The molecule has 1 N–H and O–H groups in total. The van der Waals surface area contributed by atoms with Gasteiger partial charge in [-0.15, -0.1) is 0 Å². The monoisotopic (exact) mass is 391 g/mol. The number of carbonyl (C=O) groups is 1. The third-order valence-electron chi connectivity index (χ3n) is 5.08. The van der Waals surface area contributed by atoms with Crippen LogP contribution in [0.2, 0.25) is 0 Å². The summed E-state index contributed by atoms with van der Waals surface area (Å²) < 4.78 is 51.6. The zero-order valence-electron chi connectivity index (χ0n) is 15.1. The first kappa shape index (κ1) is 18.8. The van der Waals surface area contributed by atoms with Crippen LogP contribution >= 0.6 is 0 Å². The highest BCUT2D eigenvalue weighted by molar-refractivity contribution is 5.81. The highest BCUT2D eigenvalue weighted by Crippen LogP contribution is 2.43. The fourth-order valence-electron chi connectivity index (χ4n) is 3.74. The third kappa shape index (κ3) is 3.71. The molecule has 148 valence electrons. The number of halogens is 3. The molecule has 0 spiro atoms. The lowest BCUT2D eigenvalue weighted by Crippen LogP contribution is -2.40. The van der Waals surface area contributed by atoms with Crippen LogP contribution in [0.3, 0.4) is 0 Å². The van der Waals surface area contributed by atoms with Gasteiger partial charge in [0.15, 0.2) is 0 Å². The predicted molar refractivity (Wildman–Crippen MR) is 97.0 cm³/mol. The zero-order valence-corrected chi connectivity index (χ0v) is 15.1. The average molecular weight is 391 g/mol. The maximum Gasteiger partial charge on any atom is 0.417 e. The molecular weight excluding hydrogens is 371 g/mol. The maximum atomic E-state index is 13.4. The molecule has 0 aromatic heterocycles. The molecule has 1 fully saturated rings. The second-order valence-electron chi connectivity index (χ2n) is 7.03. The lowest BCUT2D eigenvalue weighted by molar-refractivity contribution is -0.137. The van der Waals surface area contributed by atoms with Crippen molar-refractivity contribution >= 4 is 5.91 Å². The van der Waals surface area contributed by atoms with Crippen LogP contribution in [0.4, 0.5) is 13.2 Å². The summed E-state index contributed by atoms with van der Waals surface area (Å²) in [4.78, 5) is 12.1. The number of hydrogen-bond acceptors (Lipinski definition) is 3. The number of rotatable bonds is 4. The summed E-state index contributed by atoms with van der Waals surface area (Å²) in [5.74, 6) is 0.287. The molecule has 1 amide bonds. The van der Waals surface area contributed by atoms with Crippen LogP contribution < -0.4 is 10.1 Å². The molecular formula is C21H20F3NO3. The van der Waals surface area contributed by atoms with E-state index in [1.165, 1.54) is 12.1 Å². The van der Waals surface area contributed by atoms with E-state index in [2.05, 4.69) is 5.32 Å². The predicted octanol–water partition coefficient (Wildman–Crippen LogP) is 3.97. The fourth-order valence-corrected chi connectivity index (χ4v) is 3.74. The van der Waals surface area contributed by atoms with E-state index in [9.17, 15) is 18.0 Å². The van der Waals surface area contributed by atoms with Gasteiger partial charge in [0, 0.05) is 18.6 Å². The lowest BCUT2D eigenvalue weighted by atomic mass is 9.96. The van der Waals surface area contributed by atoms with Gasteiger partial charge in [0.25, 0.3) is 0 Å². The molecule has 2 aliphatic heterocycles. The fraction of sp³-hybridized carbons (Fsp3) is 0.381. The Hall–Kier alpha value is -2.54. The number of hydrogen-bond donors (Lipinski definition) is 1. The largest absolute Gasteiger partial charge is 0.487 e. The maximum absolute atomic E-state index is 13.4. The Labute approximate surface area is 160 Å². The minimum atomic E-state index is -4.45. The van der Waals surface area contributed by atoms with Gasteiger partial charge in [-0.1, -0.05) is 36.4 Å². The summed E-state index contributed by atoms with van der Waals surface area (Å²) in [6.07, 6.45) is -3.09. The van der Waals surface area contributed by atoms with Crippen LogP contribution in [0.1, 0.15) is 24.0 Å². The van der Waals surface area contributed by atoms with Crippen molar-refractivity contribution in [1.29, 1.82) is 0 Å². The van der Waals surface area contributed by atoms with Gasteiger partial charge < -0.3 is 14.8 Å². The molecule has 0 bridgehead atoms. The average Bonchev–Trinajstić information content (AvgIpc) is 3.34. The van der Waals surface area contributed by atoms with Gasteiger partial charge in [0.05, 0.1) is 12.1 Å². The quantitative estimate of drug-likeness (QED) is 0.858. The van der Waals surface area contributed by atoms with Crippen molar-refractivity contribution in [2.24, 2.45) is 0 Å². The van der Waals surface area contributed by atoms with Crippen molar-refractivity contribution in [1.82, 2.24) is 5.32 Å². The molecule has 4 nitrogen and oxygen atoms in total. The van der Waals surface area contributed by atoms with Crippen molar-refractivity contribution in [3.05, 3.63) is 53.6 Å². The number of fused-ring (bicyclic) bond motifs is 1. The summed E-state index contributed by atoms with van der Waals surface area (Å²) >= 11 is 0. The smallest absolute Gasteiger partial charge is 0.417 e. The lowest BCUT2D eigenvalue weighted by Gasteiger charge is -2.17. The SMILES string of the molecule is O=C(NC[C@H]1Cc2cccc(-c3ccccc3C(F)(F)F)c2O1)[C@H]1CCCO1. The molecule has 0 aliphatic carbocycles. The molecule has 0 radical (unpaired) electrons. The summed E-state index contributed by atoms with van der Waals surface area (Å²) in [7, 11) is 0. The van der Waals surface area contributed by atoms with Crippen molar-refractivity contribution < 1.29 is 27.4 Å². The summed E-state index contributed by atoms with van der Waals surface area (Å²) in [5, 5.41) is 2.83. The molecule has 0 unspecified atom stereocenters. The number of amides is 1. The number of carbonyl (C=O) groups excluding carboxylic acids is 1. The van der Waals surface area contributed by atoms with Gasteiger partial charge in [-0.3, -0.25) is 4.79 Å². The van der Waals surface area contributed by atoms with Gasteiger partial charge in [-0.2, -0.15) is 13.2 Å². The third-order valence-corrected chi connectivity index (χ3v) is 5.08. The zero-order chi connectivity index (χ0) is 19.7. The molecule has 28 heavy (non-hydrogen) atoms. The number of alkyl halides is 3. The Kier molecular flexibility index (Phi) is 5.02. The van der Waals surface area contributed by atoms with Gasteiger partial charge in [0.1, 0.15) is 18.0 Å². The highest BCUT2D eigenvalue weighted by atomic mass is 19.4. The van der Waals surface area contributed by atoms with Crippen LogP contribution in [-0.4, -0.2) is 31.3 Å². The van der Waals surface area contributed by atoms with E-state index in [1.807, 2.05) is 6.07 Å². The molecule has 0 saturated carbocycles. The van der Waals surface area contributed by atoms with E-state index in [0.717, 1.165) is 18.1 Å². The molecule has 2 heterocycles. The Morgan fingerprint density at radius 1 is 1.11 bits per heavy atom. The van der Waals surface area contributed by atoms with E-state index >= 15 is 0 Å². The second-order valence-corrected chi connectivity index (χ2v) is 7.03. The summed E-state index contributed by atoms with van der Waals surface area (Å²) in [6.45, 7) is 0.874. The molecule has 7 heteroatoms. The first-order chi connectivity index (χ1) is 13.4. The Bertz CT molecular complexity index is 875. The summed E-state index contributed by atoms with van der Waals surface area (Å²) in [6, 6.07) is 10.7. The van der Waals surface area contributed by atoms with E-state index in [1.54, 1.807) is 18.2 Å². The van der Waals surface area contributed by atoms with Crippen LogP contribution in [0.5, 0.6) is 5.75 Å². The Morgan fingerprint density at radius 2 is 1.89 bits per heavy atom. The molecule has 2 aromatic rings. The van der Waals surface area contributed by atoms with Gasteiger partial charge in [0.2, 0.25) is 5.91 Å². The molecule has 2 atom stereocenters. The van der Waals surface area contributed by atoms with Gasteiger partial charge in [-0.25, -0.2) is 0 Å². The van der Waals surface area contributed by atoms with Crippen LogP contribution in [0, 0.1) is 0 Å². The minimum absolute atomic E-state index is 0.0934. The first-order valence-corrected chi connectivity index (χ1v) is 9.28. The van der Waals surface area contributed by atoms with Gasteiger partial charge >= 0.3 is 6.18 Å². The summed E-state index contributed by atoms with van der Waals surface area (Å²) in [5.41, 5.74) is 0.655. The van der Waals surface area contributed by atoms with Crippen LogP contribution in [-0.2, 0) is 22.1 Å². The second kappa shape index (κ2) is 7.47. The van der Waals surface area contributed by atoms with E-state index in [-0.39, 0.29) is 24.1 Å². The number of para-hydroxylation sites is 1.